The van der Waals surface area contributed by atoms with Crippen molar-refractivity contribution >= 4 is 11.7 Å². The molecule has 1 amide bonds. The van der Waals surface area contributed by atoms with Crippen molar-refractivity contribution in [3.8, 4) is 0 Å². The Balaban J connectivity index is 1.86. The number of carbonyl (C=O) groups excluding carboxylic acids is 1. The van der Waals surface area contributed by atoms with E-state index in [1.165, 1.54) is 10.9 Å². The van der Waals surface area contributed by atoms with Crippen molar-refractivity contribution in [3.63, 3.8) is 0 Å². The van der Waals surface area contributed by atoms with Gasteiger partial charge in [0.25, 0.3) is 5.91 Å². The van der Waals surface area contributed by atoms with Crippen molar-refractivity contribution in [3.05, 3.63) is 60.6 Å². The Morgan fingerprint density at radius 3 is 2.69 bits per heavy atom. The van der Waals surface area contributed by atoms with E-state index in [1.807, 2.05) is 6.92 Å². The van der Waals surface area contributed by atoms with Gasteiger partial charge in [-0.3, -0.25) is 9.48 Å². The summed E-state index contributed by atoms with van der Waals surface area (Å²) in [5.74, 6) is -0.217. The molecule has 0 aromatic carbocycles. The smallest absolute Gasteiger partial charge is 0.322 e. The van der Waals surface area contributed by atoms with E-state index >= 15 is 0 Å². The van der Waals surface area contributed by atoms with Crippen LogP contribution in [0.1, 0.15) is 17.3 Å². The summed E-state index contributed by atoms with van der Waals surface area (Å²) in [6, 6.07) is 4.06. The number of pyridine rings is 1. The summed E-state index contributed by atoms with van der Waals surface area (Å²) in [4.78, 5) is 20.1. The van der Waals surface area contributed by atoms with Crippen molar-refractivity contribution in [1.82, 2.24) is 24.3 Å². The highest BCUT2D eigenvalue weighted by Crippen LogP contribution is 2.28. The van der Waals surface area contributed by atoms with Gasteiger partial charge in [-0.25, -0.2) is 9.97 Å². The number of nitrogens with zero attached hydrogens (tertiary/aromatic N) is 5. The number of aromatic nitrogens is 5. The predicted octanol–water partition coefficient (Wildman–Crippen LogP) is 2.68. The number of amides is 1. The maximum Gasteiger partial charge on any atom is 0.434 e. The van der Waals surface area contributed by atoms with Crippen LogP contribution in [-0.4, -0.2) is 30.2 Å². The standard InChI is InChI=1S/C16H15F3N6O/c1-11-3-4-14(20-7-11)23-15(26)12(8-25-6-2-5-22-25)24-9-13(21-10-24)16(17,18)19/h2-7,9-10,12H,8H2,1H3,(H,20,23,26). The predicted molar refractivity (Wildman–Crippen MR) is 86.1 cm³/mol. The van der Waals surface area contributed by atoms with Gasteiger partial charge in [0, 0.05) is 24.8 Å². The van der Waals surface area contributed by atoms with Crippen LogP contribution in [0.2, 0.25) is 0 Å². The average molecular weight is 364 g/mol. The first-order valence-corrected chi connectivity index (χ1v) is 7.64. The van der Waals surface area contributed by atoms with Crippen LogP contribution in [0.25, 0.3) is 0 Å². The number of halogens is 3. The zero-order valence-corrected chi connectivity index (χ0v) is 13.7. The Kier molecular flexibility index (Phi) is 4.74. The molecule has 0 bridgehead atoms. The molecule has 3 aromatic heterocycles. The number of nitrogens with one attached hydrogen (secondary N) is 1. The Labute approximate surface area is 146 Å². The molecule has 3 heterocycles. The molecule has 26 heavy (non-hydrogen) atoms. The second kappa shape index (κ2) is 6.98. The minimum Gasteiger partial charge on any atom is -0.322 e. The van der Waals surface area contributed by atoms with Crippen LogP contribution in [0.4, 0.5) is 19.0 Å². The monoisotopic (exact) mass is 364 g/mol. The Bertz CT molecular complexity index is 870. The molecule has 0 aliphatic heterocycles. The van der Waals surface area contributed by atoms with Gasteiger partial charge in [-0.15, -0.1) is 0 Å². The molecule has 3 rings (SSSR count). The number of anilines is 1. The molecule has 0 saturated heterocycles. The van der Waals surface area contributed by atoms with Crippen LogP contribution in [0.15, 0.2) is 49.3 Å². The molecule has 1 N–H and O–H groups in total. The van der Waals surface area contributed by atoms with Gasteiger partial charge in [0.05, 0.1) is 12.9 Å². The van der Waals surface area contributed by atoms with Gasteiger partial charge in [-0.1, -0.05) is 6.07 Å². The zero-order valence-electron chi connectivity index (χ0n) is 13.7. The highest BCUT2D eigenvalue weighted by Gasteiger charge is 2.35. The van der Waals surface area contributed by atoms with Crippen molar-refractivity contribution < 1.29 is 18.0 Å². The van der Waals surface area contributed by atoms with Crippen molar-refractivity contribution in [2.24, 2.45) is 0 Å². The van der Waals surface area contributed by atoms with E-state index in [1.54, 1.807) is 30.6 Å². The van der Waals surface area contributed by atoms with Crippen LogP contribution in [0.3, 0.4) is 0 Å². The fourth-order valence-electron chi connectivity index (χ4n) is 2.30. The van der Waals surface area contributed by atoms with E-state index in [9.17, 15) is 18.0 Å². The number of carbonyl (C=O) groups is 1. The molecule has 136 valence electrons. The molecule has 1 unspecified atom stereocenters. The fourth-order valence-corrected chi connectivity index (χ4v) is 2.30. The first-order valence-electron chi connectivity index (χ1n) is 7.64. The summed E-state index contributed by atoms with van der Waals surface area (Å²) in [6.45, 7) is 1.89. The summed E-state index contributed by atoms with van der Waals surface area (Å²) in [6.07, 6.45) is 1.92. The molecule has 0 aliphatic rings. The molecule has 0 radical (unpaired) electrons. The summed E-state index contributed by atoms with van der Waals surface area (Å²) in [5.41, 5.74) is -0.148. The van der Waals surface area contributed by atoms with Crippen LogP contribution < -0.4 is 5.32 Å². The maximum absolute atomic E-state index is 12.8. The topological polar surface area (TPSA) is 77.6 Å². The van der Waals surface area contributed by atoms with E-state index in [0.29, 0.717) is 5.82 Å². The molecule has 10 heteroatoms. The lowest BCUT2D eigenvalue weighted by Crippen LogP contribution is -2.29. The van der Waals surface area contributed by atoms with E-state index in [2.05, 4.69) is 20.4 Å². The second-order valence-corrected chi connectivity index (χ2v) is 5.66. The molecule has 7 nitrogen and oxygen atoms in total. The zero-order chi connectivity index (χ0) is 18.7. The van der Waals surface area contributed by atoms with Crippen molar-refractivity contribution in [2.45, 2.75) is 25.7 Å². The lowest BCUT2D eigenvalue weighted by Gasteiger charge is -2.18. The van der Waals surface area contributed by atoms with Gasteiger partial charge in [0.15, 0.2) is 5.69 Å². The minimum atomic E-state index is -4.59. The lowest BCUT2D eigenvalue weighted by molar-refractivity contribution is -0.141. The summed E-state index contributed by atoms with van der Waals surface area (Å²) >= 11 is 0. The second-order valence-electron chi connectivity index (χ2n) is 5.66. The number of hydrogen-bond donors (Lipinski definition) is 1. The third-order valence-corrected chi connectivity index (χ3v) is 3.64. The van der Waals surface area contributed by atoms with Gasteiger partial charge in [-0.2, -0.15) is 18.3 Å². The Hall–Kier alpha value is -3.17. The molecular formula is C16H15F3N6O. The Morgan fingerprint density at radius 1 is 1.31 bits per heavy atom. The van der Waals surface area contributed by atoms with Crippen LogP contribution in [0, 0.1) is 6.92 Å². The summed E-state index contributed by atoms with van der Waals surface area (Å²) < 4.78 is 41.0. The van der Waals surface area contributed by atoms with Crippen molar-refractivity contribution in [1.29, 1.82) is 0 Å². The van der Waals surface area contributed by atoms with E-state index < -0.39 is 23.8 Å². The van der Waals surface area contributed by atoms with Gasteiger partial charge >= 0.3 is 6.18 Å². The SMILES string of the molecule is Cc1ccc(NC(=O)C(Cn2cccn2)n2cnc(C(F)(F)F)c2)nc1. The molecular weight excluding hydrogens is 349 g/mol. The third-order valence-electron chi connectivity index (χ3n) is 3.64. The molecule has 1 atom stereocenters. The Morgan fingerprint density at radius 2 is 2.12 bits per heavy atom. The van der Waals surface area contributed by atoms with E-state index in [4.69, 9.17) is 0 Å². The van der Waals surface area contributed by atoms with Crippen LogP contribution in [0.5, 0.6) is 0 Å². The molecule has 3 aromatic rings. The normalized spacial score (nSPS) is 12.8. The van der Waals surface area contributed by atoms with E-state index in [0.717, 1.165) is 22.7 Å². The molecule has 0 fully saturated rings. The molecule has 0 spiro atoms. The molecule has 0 saturated carbocycles. The number of hydrogen-bond acceptors (Lipinski definition) is 4. The lowest BCUT2D eigenvalue weighted by atomic mass is 10.2. The number of imidazole rings is 1. The number of rotatable bonds is 5. The quantitative estimate of drug-likeness (QED) is 0.755. The van der Waals surface area contributed by atoms with Crippen molar-refractivity contribution in [2.75, 3.05) is 5.32 Å². The van der Waals surface area contributed by atoms with Crippen LogP contribution >= 0.6 is 0 Å². The minimum absolute atomic E-state index is 0.0400. The maximum atomic E-state index is 12.8. The first kappa shape index (κ1) is 17.6. The highest BCUT2D eigenvalue weighted by atomic mass is 19.4. The third kappa shape index (κ3) is 4.08. The number of aryl methyl sites for hydroxylation is 1. The fraction of sp³-hybridized carbons (Fsp3) is 0.250. The van der Waals surface area contributed by atoms with Gasteiger partial charge < -0.3 is 9.88 Å². The largest absolute Gasteiger partial charge is 0.434 e. The molecule has 0 aliphatic carbocycles. The van der Waals surface area contributed by atoms with Gasteiger partial charge in [0.1, 0.15) is 11.9 Å². The van der Waals surface area contributed by atoms with Gasteiger partial charge in [-0.05, 0) is 24.6 Å². The first-order chi connectivity index (χ1) is 12.3. The summed E-state index contributed by atoms with van der Waals surface area (Å²) in [5, 5.41) is 6.61. The average Bonchev–Trinajstić information content (AvgIpc) is 3.25. The highest BCUT2D eigenvalue weighted by molar-refractivity contribution is 5.92. The summed E-state index contributed by atoms with van der Waals surface area (Å²) in [7, 11) is 0. The number of alkyl halides is 3. The van der Waals surface area contributed by atoms with Gasteiger partial charge in [0.2, 0.25) is 0 Å². The van der Waals surface area contributed by atoms with E-state index in [-0.39, 0.29) is 6.54 Å². The van der Waals surface area contributed by atoms with Crippen LogP contribution in [-0.2, 0) is 17.5 Å².